The van der Waals surface area contributed by atoms with Crippen LogP contribution in [-0.2, 0) is 0 Å². The molecule has 1 heterocycles. The smallest absolute Gasteiger partial charge is 0.101 e. The van der Waals surface area contributed by atoms with Gasteiger partial charge in [0.05, 0.1) is 11.1 Å². The average Bonchev–Trinajstić information content (AvgIpc) is 2.31. The van der Waals surface area contributed by atoms with E-state index in [0.717, 1.165) is 10.9 Å². The van der Waals surface area contributed by atoms with E-state index in [1.807, 2.05) is 31.2 Å². The molecule has 0 N–H and O–H groups in total. The number of rotatable bonds is 0. The van der Waals surface area contributed by atoms with Crippen LogP contribution in [-0.4, -0.2) is 11.2 Å². The minimum absolute atomic E-state index is 0.608. The molecule has 15 heavy (non-hydrogen) atoms. The molecule has 76 valence electrons. The lowest BCUT2D eigenvalue weighted by Crippen LogP contribution is -1.82. The summed E-state index contributed by atoms with van der Waals surface area (Å²) in [5.41, 5.74) is 2.74. The minimum atomic E-state index is 0.608. The van der Waals surface area contributed by atoms with Crippen molar-refractivity contribution in [3.05, 3.63) is 41.6 Å². The summed E-state index contributed by atoms with van der Waals surface area (Å²) in [5, 5.41) is 9.68. The Morgan fingerprint density at radius 3 is 2.67 bits per heavy atom. The Morgan fingerprint density at radius 2 is 2.00 bits per heavy atom. The number of thiol groups is 1. The highest BCUT2D eigenvalue weighted by Gasteiger charge is 1.96. The molecule has 3 heteroatoms. The molecular weight excluding hydrogens is 204 g/mol. The third-order valence-electron chi connectivity index (χ3n) is 1.97. The van der Waals surface area contributed by atoms with Crippen LogP contribution in [0.15, 0.2) is 30.5 Å². The minimum Gasteiger partial charge on any atom is -0.255 e. The lowest BCUT2D eigenvalue weighted by molar-refractivity contribution is 1.36. The molecule has 0 amide bonds. The number of hydrogen-bond acceptors (Lipinski definition) is 3. The average molecular weight is 216 g/mol. The van der Waals surface area contributed by atoms with Gasteiger partial charge in [-0.3, -0.25) is 4.98 Å². The highest BCUT2D eigenvalue weighted by atomic mass is 32.1. The van der Waals surface area contributed by atoms with Gasteiger partial charge < -0.3 is 0 Å². The predicted molar refractivity (Wildman–Crippen MR) is 66.1 cm³/mol. The zero-order valence-electron chi connectivity index (χ0n) is 8.73. The van der Waals surface area contributed by atoms with Crippen molar-refractivity contribution in [2.45, 2.75) is 6.92 Å². The maximum Gasteiger partial charge on any atom is 0.101 e. The summed E-state index contributed by atoms with van der Waals surface area (Å²) in [6.07, 6.45) is 3.29. The number of pyridine rings is 1. The number of aryl methyl sites for hydroxylation is 1. The molecule has 0 saturated carbocycles. The van der Waals surface area contributed by atoms with Gasteiger partial charge in [0.15, 0.2) is 0 Å². The summed E-state index contributed by atoms with van der Waals surface area (Å²) in [6, 6.07) is 9.93. The normalized spacial score (nSPS) is 8.93. The molecule has 2 aromatic rings. The number of nitrogens with zero attached hydrogens (tertiary/aromatic N) is 2. The topological polar surface area (TPSA) is 36.7 Å². The number of hydrogen-bond donors (Lipinski definition) is 1. The fraction of sp³-hybridized carbons (Fsp3) is 0.167. The Labute approximate surface area is 95.0 Å². The van der Waals surface area contributed by atoms with Gasteiger partial charge in [0, 0.05) is 11.6 Å². The molecule has 2 rings (SSSR count). The van der Waals surface area contributed by atoms with Crippen LogP contribution in [0.4, 0.5) is 0 Å². The van der Waals surface area contributed by atoms with Crippen molar-refractivity contribution < 1.29 is 0 Å². The molecule has 0 unspecified atom stereocenters. The molecule has 1 aromatic heterocycles. The highest BCUT2D eigenvalue weighted by molar-refractivity contribution is 7.79. The van der Waals surface area contributed by atoms with Gasteiger partial charge in [0.25, 0.3) is 0 Å². The summed E-state index contributed by atoms with van der Waals surface area (Å²) in [6.45, 7) is 2.03. The molecule has 0 saturated heterocycles. The first-order valence-electron chi connectivity index (χ1n) is 4.51. The van der Waals surface area contributed by atoms with Gasteiger partial charge in [-0.15, -0.1) is 0 Å². The lowest BCUT2D eigenvalue weighted by atomic mass is 10.1. The molecule has 0 aliphatic rings. The Hall–Kier alpha value is -1.53. The molecule has 0 spiro atoms. The molecule has 0 bridgehead atoms. The number of fused-ring (bicyclic) bond motifs is 1. The van der Waals surface area contributed by atoms with Gasteiger partial charge in [0.2, 0.25) is 0 Å². The van der Waals surface area contributed by atoms with Crippen molar-refractivity contribution in [3.63, 3.8) is 0 Å². The van der Waals surface area contributed by atoms with Crippen LogP contribution in [0.1, 0.15) is 11.1 Å². The third kappa shape index (κ3) is 2.71. The molecule has 0 atom stereocenters. The Bertz CT molecular complexity index is 500. The zero-order valence-corrected chi connectivity index (χ0v) is 9.62. The Kier molecular flexibility index (Phi) is 4.14. The van der Waals surface area contributed by atoms with E-state index in [1.54, 1.807) is 12.5 Å². The van der Waals surface area contributed by atoms with Crippen LogP contribution >= 0.6 is 12.6 Å². The van der Waals surface area contributed by atoms with Gasteiger partial charge in [-0.05, 0) is 30.9 Å². The van der Waals surface area contributed by atoms with E-state index in [-0.39, 0.29) is 0 Å². The number of aromatic nitrogens is 1. The molecular formula is C12H12N2S. The third-order valence-corrected chi connectivity index (χ3v) is 1.97. The van der Waals surface area contributed by atoms with Crippen LogP contribution in [0.5, 0.6) is 0 Å². The zero-order chi connectivity index (χ0) is 11.3. The summed E-state index contributed by atoms with van der Waals surface area (Å²) < 4.78 is 0. The van der Waals surface area contributed by atoms with Gasteiger partial charge in [-0.25, -0.2) is 0 Å². The largest absolute Gasteiger partial charge is 0.255 e. The van der Waals surface area contributed by atoms with E-state index in [4.69, 9.17) is 5.26 Å². The summed E-state index contributed by atoms with van der Waals surface area (Å²) in [4.78, 5) is 4.19. The van der Waals surface area contributed by atoms with Crippen molar-refractivity contribution >= 4 is 23.5 Å². The van der Waals surface area contributed by atoms with Gasteiger partial charge in [0.1, 0.15) is 6.07 Å². The van der Waals surface area contributed by atoms with Crippen molar-refractivity contribution in [3.8, 4) is 6.07 Å². The first-order chi connectivity index (χ1) is 7.29. The molecule has 0 aliphatic carbocycles. The summed E-state index contributed by atoms with van der Waals surface area (Å²) >= 11 is 3.53. The summed E-state index contributed by atoms with van der Waals surface area (Å²) in [5.74, 6) is 0. The Balaban J connectivity index is 0.000000531. The maximum atomic E-state index is 8.66. The first-order valence-corrected chi connectivity index (χ1v) is 5.40. The summed E-state index contributed by atoms with van der Waals surface area (Å²) in [7, 11) is 0. The lowest BCUT2D eigenvalue weighted by Gasteiger charge is -1.97. The standard InChI is InChI=1S/C11H8N2.CH4S/c1-8-2-3-10-5-9(6-12)7-13-11(10)4-8;1-2/h2-5,7H,1H3;2H,1H3. The molecule has 0 fully saturated rings. The second kappa shape index (κ2) is 5.38. The van der Waals surface area contributed by atoms with Crippen LogP contribution in [0.2, 0.25) is 0 Å². The number of nitriles is 1. The quantitative estimate of drug-likeness (QED) is 0.687. The van der Waals surface area contributed by atoms with Gasteiger partial charge in [-0.2, -0.15) is 17.9 Å². The second-order valence-corrected chi connectivity index (χ2v) is 3.03. The van der Waals surface area contributed by atoms with Crippen molar-refractivity contribution in [1.82, 2.24) is 4.98 Å². The van der Waals surface area contributed by atoms with Crippen LogP contribution in [0.25, 0.3) is 10.9 Å². The predicted octanol–water partition coefficient (Wildman–Crippen LogP) is 2.96. The molecule has 0 radical (unpaired) electrons. The highest BCUT2D eigenvalue weighted by Crippen LogP contribution is 2.14. The van der Waals surface area contributed by atoms with E-state index < -0.39 is 0 Å². The number of benzene rings is 1. The van der Waals surface area contributed by atoms with E-state index in [9.17, 15) is 0 Å². The van der Waals surface area contributed by atoms with E-state index in [0.29, 0.717) is 5.56 Å². The Morgan fingerprint density at radius 1 is 1.27 bits per heavy atom. The van der Waals surface area contributed by atoms with Crippen LogP contribution in [0, 0.1) is 18.3 Å². The fourth-order valence-electron chi connectivity index (χ4n) is 1.29. The van der Waals surface area contributed by atoms with Crippen molar-refractivity contribution in [1.29, 1.82) is 5.26 Å². The van der Waals surface area contributed by atoms with Gasteiger partial charge >= 0.3 is 0 Å². The molecule has 0 aliphatic heterocycles. The maximum absolute atomic E-state index is 8.66. The van der Waals surface area contributed by atoms with Crippen molar-refractivity contribution in [2.75, 3.05) is 6.26 Å². The molecule has 2 nitrogen and oxygen atoms in total. The second-order valence-electron chi connectivity index (χ2n) is 3.03. The van der Waals surface area contributed by atoms with E-state index in [1.165, 1.54) is 5.56 Å². The van der Waals surface area contributed by atoms with E-state index in [2.05, 4.69) is 23.7 Å². The van der Waals surface area contributed by atoms with Gasteiger partial charge in [-0.1, -0.05) is 12.1 Å². The van der Waals surface area contributed by atoms with E-state index >= 15 is 0 Å². The van der Waals surface area contributed by atoms with Crippen molar-refractivity contribution in [2.24, 2.45) is 0 Å². The SMILES string of the molecule is CS.Cc1ccc2cc(C#N)cnc2c1. The fourth-order valence-corrected chi connectivity index (χ4v) is 1.29. The molecule has 1 aromatic carbocycles. The van der Waals surface area contributed by atoms with Crippen LogP contribution in [0.3, 0.4) is 0 Å². The monoisotopic (exact) mass is 216 g/mol. The van der Waals surface area contributed by atoms with Crippen LogP contribution < -0.4 is 0 Å². The first kappa shape index (κ1) is 11.5.